The van der Waals surface area contributed by atoms with Crippen LogP contribution in [0.3, 0.4) is 0 Å². The van der Waals surface area contributed by atoms with Gasteiger partial charge in [-0.15, -0.1) is 0 Å². The highest BCUT2D eigenvalue weighted by atomic mass is 16.4. The number of hydrogen-bond donors (Lipinski definition) is 4. The summed E-state index contributed by atoms with van der Waals surface area (Å²) in [5.41, 5.74) is -0.833. The number of amides is 3. The Morgan fingerprint density at radius 2 is 1.75 bits per heavy atom. The highest BCUT2D eigenvalue weighted by Crippen LogP contribution is 2.40. The minimum absolute atomic E-state index is 0.0000624. The first kappa shape index (κ1) is 16.3. The third-order valence-electron chi connectivity index (χ3n) is 3.52. The summed E-state index contributed by atoms with van der Waals surface area (Å²) in [6.07, 6.45) is 2.01. The molecule has 114 valence electrons. The van der Waals surface area contributed by atoms with Gasteiger partial charge in [0.1, 0.15) is 6.04 Å². The van der Waals surface area contributed by atoms with Crippen LogP contribution in [-0.4, -0.2) is 41.6 Å². The van der Waals surface area contributed by atoms with Crippen LogP contribution in [0.1, 0.15) is 40.0 Å². The number of aliphatic carboxylic acids is 1. The first-order valence-corrected chi connectivity index (χ1v) is 6.85. The maximum Gasteiger partial charge on any atom is 0.315 e. The van der Waals surface area contributed by atoms with Gasteiger partial charge in [-0.25, -0.2) is 4.79 Å². The summed E-state index contributed by atoms with van der Waals surface area (Å²) < 4.78 is 0. The third-order valence-corrected chi connectivity index (χ3v) is 3.52. The van der Waals surface area contributed by atoms with E-state index in [9.17, 15) is 14.4 Å². The van der Waals surface area contributed by atoms with Crippen molar-refractivity contribution in [2.24, 2.45) is 5.41 Å². The molecule has 1 aliphatic rings. The Balaban J connectivity index is 2.36. The number of carboxylic acid groups (broad SMARTS) is 1. The van der Waals surface area contributed by atoms with Gasteiger partial charge in [0.15, 0.2) is 0 Å². The molecular formula is C13H23N3O4. The smallest absolute Gasteiger partial charge is 0.315 e. The number of carboxylic acids is 1. The molecule has 1 saturated carbocycles. The van der Waals surface area contributed by atoms with Crippen molar-refractivity contribution in [3.8, 4) is 0 Å². The van der Waals surface area contributed by atoms with E-state index in [1.165, 1.54) is 0 Å². The van der Waals surface area contributed by atoms with Gasteiger partial charge < -0.3 is 21.1 Å². The van der Waals surface area contributed by atoms with E-state index in [1.807, 2.05) is 13.8 Å². The van der Waals surface area contributed by atoms with E-state index in [0.29, 0.717) is 12.8 Å². The SMILES string of the molecule is CC(C)NC(=O)C(C)NC(=O)NCC1(C(=O)O)CCC1. The standard InChI is InChI=1S/C13H23N3O4/c1-8(2)15-10(17)9(3)16-12(20)14-7-13(11(18)19)5-4-6-13/h8-9H,4-7H2,1-3H3,(H,15,17)(H,18,19)(H2,14,16,20). The van der Waals surface area contributed by atoms with Crippen molar-refractivity contribution in [3.63, 3.8) is 0 Å². The normalized spacial score (nSPS) is 17.8. The number of carbonyl (C=O) groups excluding carboxylic acids is 2. The number of urea groups is 1. The van der Waals surface area contributed by atoms with Gasteiger partial charge >= 0.3 is 12.0 Å². The monoisotopic (exact) mass is 285 g/mol. The van der Waals surface area contributed by atoms with Crippen LogP contribution in [0.4, 0.5) is 4.79 Å². The average Bonchev–Trinajstić information content (AvgIpc) is 2.25. The molecule has 1 aliphatic carbocycles. The first-order chi connectivity index (χ1) is 9.27. The van der Waals surface area contributed by atoms with Crippen molar-refractivity contribution in [1.82, 2.24) is 16.0 Å². The highest BCUT2D eigenvalue weighted by Gasteiger charge is 2.44. The number of rotatable bonds is 6. The topological polar surface area (TPSA) is 108 Å². The zero-order valence-electron chi connectivity index (χ0n) is 12.2. The van der Waals surface area contributed by atoms with Gasteiger partial charge in [-0.3, -0.25) is 9.59 Å². The van der Waals surface area contributed by atoms with Gasteiger partial charge in [-0.1, -0.05) is 6.42 Å². The van der Waals surface area contributed by atoms with Crippen molar-refractivity contribution in [1.29, 1.82) is 0 Å². The second-order valence-corrected chi connectivity index (χ2v) is 5.65. The largest absolute Gasteiger partial charge is 0.481 e. The van der Waals surface area contributed by atoms with Gasteiger partial charge in [-0.05, 0) is 33.6 Å². The molecule has 0 bridgehead atoms. The van der Waals surface area contributed by atoms with Crippen molar-refractivity contribution < 1.29 is 19.5 Å². The maximum atomic E-state index is 11.7. The van der Waals surface area contributed by atoms with Crippen molar-refractivity contribution >= 4 is 17.9 Å². The summed E-state index contributed by atoms with van der Waals surface area (Å²) in [6, 6.07) is -1.19. The zero-order valence-corrected chi connectivity index (χ0v) is 12.2. The molecule has 0 heterocycles. The lowest BCUT2D eigenvalue weighted by atomic mass is 9.69. The molecule has 1 unspecified atom stereocenters. The van der Waals surface area contributed by atoms with Crippen LogP contribution in [0.15, 0.2) is 0 Å². The van der Waals surface area contributed by atoms with E-state index in [-0.39, 0.29) is 18.5 Å². The molecule has 0 aromatic heterocycles. The van der Waals surface area contributed by atoms with Gasteiger partial charge in [0.05, 0.1) is 5.41 Å². The molecule has 1 rings (SSSR count). The quantitative estimate of drug-likeness (QED) is 0.568. The zero-order chi connectivity index (χ0) is 15.3. The Bertz CT molecular complexity index is 391. The van der Waals surface area contributed by atoms with Crippen molar-refractivity contribution in [2.75, 3.05) is 6.54 Å². The summed E-state index contributed by atoms with van der Waals surface area (Å²) in [7, 11) is 0. The molecule has 0 radical (unpaired) electrons. The molecule has 3 amide bonds. The molecule has 0 aromatic carbocycles. The van der Waals surface area contributed by atoms with Gasteiger partial charge in [0.2, 0.25) is 5.91 Å². The predicted molar refractivity (Wildman–Crippen MR) is 73.2 cm³/mol. The van der Waals surface area contributed by atoms with Crippen LogP contribution in [0.2, 0.25) is 0 Å². The van der Waals surface area contributed by atoms with E-state index in [4.69, 9.17) is 5.11 Å². The number of hydrogen-bond acceptors (Lipinski definition) is 3. The fourth-order valence-corrected chi connectivity index (χ4v) is 2.04. The summed E-state index contributed by atoms with van der Waals surface area (Å²) >= 11 is 0. The van der Waals surface area contributed by atoms with Crippen LogP contribution in [0.5, 0.6) is 0 Å². The van der Waals surface area contributed by atoms with Crippen molar-refractivity contribution in [3.05, 3.63) is 0 Å². The number of carbonyl (C=O) groups is 3. The summed E-state index contributed by atoms with van der Waals surface area (Å²) in [6.45, 7) is 5.33. The fraction of sp³-hybridized carbons (Fsp3) is 0.769. The molecule has 0 aliphatic heterocycles. The summed E-state index contributed by atoms with van der Waals surface area (Å²) in [4.78, 5) is 34.4. The van der Waals surface area contributed by atoms with Crippen LogP contribution in [0, 0.1) is 5.41 Å². The molecule has 7 nitrogen and oxygen atoms in total. The second-order valence-electron chi connectivity index (χ2n) is 5.65. The Morgan fingerprint density at radius 3 is 2.15 bits per heavy atom. The molecular weight excluding hydrogens is 262 g/mol. The van der Waals surface area contributed by atoms with Crippen molar-refractivity contribution in [2.45, 2.75) is 52.1 Å². The van der Waals surface area contributed by atoms with E-state index in [2.05, 4.69) is 16.0 Å². The summed E-state index contributed by atoms with van der Waals surface area (Å²) in [5, 5.41) is 16.8. The molecule has 0 spiro atoms. The van der Waals surface area contributed by atoms with Crippen LogP contribution in [0.25, 0.3) is 0 Å². The first-order valence-electron chi connectivity index (χ1n) is 6.85. The number of nitrogens with one attached hydrogen (secondary N) is 3. The highest BCUT2D eigenvalue weighted by molar-refractivity contribution is 5.87. The molecule has 1 fully saturated rings. The Kier molecular flexibility index (Phi) is 5.35. The van der Waals surface area contributed by atoms with E-state index in [1.54, 1.807) is 6.92 Å². The lowest BCUT2D eigenvalue weighted by Crippen LogP contribution is -2.53. The van der Waals surface area contributed by atoms with Crippen LogP contribution >= 0.6 is 0 Å². The minimum atomic E-state index is -0.880. The predicted octanol–water partition coefficient (Wildman–Crippen LogP) is 0.454. The third kappa shape index (κ3) is 4.11. The van der Waals surface area contributed by atoms with Crippen LogP contribution in [-0.2, 0) is 9.59 Å². The molecule has 0 aromatic rings. The average molecular weight is 285 g/mol. The van der Waals surface area contributed by atoms with Gasteiger partial charge in [-0.2, -0.15) is 0 Å². The lowest BCUT2D eigenvalue weighted by molar-refractivity contribution is -0.153. The summed E-state index contributed by atoms with van der Waals surface area (Å²) in [5.74, 6) is -1.15. The van der Waals surface area contributed by atoms with E-state index in [0.717, 1.165) is 6.42 Å². The molecule has 20 heavy (non-hydrogen) atoms. The molecule has 4 N–H and O–H groups in total. The second kappa shape index (κ2) is 6.58. The van der Waals surface area contributed by atoms with E-state index < -0.39 is 23.5 Å². The minimum Gasteiger partial charge on any atom is -0.481 e. The fourth-order valence-electron chi connectivity index (χ4n) is 2.04. The Morgan fingerprint density at radius 1 is 1.15 bits per heavy atom. The molecule has 7 heteroatoms. The lowest BCUT2D eigenvalue weighted by Gasteiger charge is -2.37. The van der Waals surface area contributed by atoms with E-state index >= 15 is 0 Å². The van der Waals surface area contributed by atoms with Gasteiger partial charge in [0, 0.05) is 12.6 Å². The maximum absolute atomic E-state index is 11.7. The Labute approximate surface area is 118 Å². The van der Waals surface area contributed by atoms with Gasteiger partial charge in [0.25, 0.3) is 0 Å². The van der Waals surface area contributed by atoms with Crippen LogP contribution < -0.4 is 16.0 Å². The molecule has 1 atom stereocenters. The Hall–Kier alpha value is -1.79. The molecule has 0 saturated heterocycles.